The predicted molar refractivity (Wildman–Crippen MR) is 64.5 cm³/mol. The fourth-order valence-corrected chi connectivity index (χ4v) is 2.09. The van der Waals surface area contributed by atoms with Crippen LogP contribution in [0.5, 0.6) is 0 Å². The molecule has 1 amide bonds. The van der Waals surface area contributed by atoms with Gasteiger partial charge in [-0.15, -0.1) is 0 Å². The van der Waals surface area contributed by atoms with Crippen molar-refractivity contribution in [2.75, 3.05) is 6.61 Å². The number of halogens is 3. The molecule has 5 nitrogen and oxygen atoms in total. The summed E-state index contributed by atoms with van der Waals surface area (Å²) in [6, 6.07) is 3.30. The summed E-state index contributed by atoms with van der Waals surface area (Å²) in [6.07, 6.45) is -5.42. The number of hydrogen-bond donors (Lipinski definition) is 2. The van der Waals surface area contributed by atoms with Crippen molar-refractivity contribution in [1.29, 1.82) is 0 Å². The summed E-state index contributed by atoms with van der Waals surface area (Å²) < 4.78 is 43.0. The summed E-state index contributed by atoms with van der Waals surface area (Å²) in [7, 11) is 0. The number of ether oxygens (including phenoxy) is 1. The second-order valence-corrected chi connectivity index (χ2v) is 4.64. The zero-order valence-corrected chi connectivity index (χ0v) is 10.7. The molecule has 1 fully saturated rings. The van der Waals surface area contributed by atoms with Gasteiger partial charge in [-0.25, -0.2) is 4.79 Å². The molecule has 1 aromatic rings. The summed E-state index contributed by atoms with van der Waals surface area (Å²) in [5.41, 5.74) is -0.524. The lowest BCUT2D eigenvalue weighted by Gasteiger charge is -2.29. The highest BCUT2D eigenvalue weighted by Crippen LogP contribution is 2.30. The molecular weight excluding hydrogens is 291 g/mol. The van der Waals surface area contributed by atoms with Gasteiger partial charge in [-0.1, -0.05) is 18.2 Å². The Morgan fingerprint density at radius 1 is 1.43 bits per heavy atom. The number of hydrogen-bond acceptors (Lipinski definition) is 3. The number of aliphatic carboxylic acids is 1. The summed E-state index contributed by atoms with van der Waals surface area (Å²) in [4.78, 5) is 22.2. The van der Waals surface area contributed by atoms with Gasteiger partial charge in [-0.3, -0.25) is 4.79 Å². The quantitative estimate of drug-likeness (QED) is 0.880. The predicted octanol–water partition coefficient (Wildman–Crippen LogP) is 1.22. The monoisotopic (exact) mass is 303 g/mol. The Bertz CT molecular complexity index is 559. The largest absolute Gasteiger partial charge is 0.480 e. The Morgan fingerprint density at radius 2 is 2.14 bits per heavy atom. The van der Waals surface area contributed by atoms with Crippen molar-refractivity contribution in [3.8, 4) is 0 Å². The van der Waals surface area contributed by atoms with Crippen LogP contribution in [0.1, 0.15) is 11.1 Å². The molecule has 2 rings (SSSR count). The first-order chi connectivity index (χ1) is 9.77. The molecule has 1 heterocycles. The molecule has 114 valence electrons. The minimum absolute atomic E-state index is 0.0405. The lowest BCUT2D eigenvalue weighted by atomic mass is 9.99. The van der Waals surface area contributed by atoms with Crippen LogP contribution in [0.25, 0.3) is 0 Å². The van der Waals surface area contributed by atoms with Gasteiger partial charge in [0.2, 0.25) is 5.91 Å². The molecule has 1 aliphatic heterocycles. The standard InChI is InChI=1S/C13H12F3NO4/c14-13(15,16)8-3-1-2-7(4-8)5-9-11(12(19)20)17-10(18)6-21-9/h1-4,9,11H,5-6H2,(H,17,18)(H,19,20). The number of alkyl halides is 3. The van der Waals surface area contributed by atoms with Gasteiger partial charge in [-0.2, -0.15) is 13.2 Å². The second kappa shape index (κ2) is 5.72. The third-order valence-electron chi connectivity index (χ3n) is 3.07. The molecule has 1 aromatic carbocycles. The Morgan fingerprint density at radius 3 is 2.76 bits per heavy atom. The van der Waals surface area contributed by atoms with Crippen molar-refractivity contribution in [1.82, 2.24) is 5.32 Å². The maximum Gasteiger partial charge on any atom is 0.416 e. The minimum Gasteiger partial charge on any atom is -0.480 e. The molecule has 0 spiro atoms. The van der Waals surface area contributed by atoms with Crippen LogP contribution in [0.3, 0.4) is 0 Å². The highest BCUT2D eigenvalue weighted by atomic mass is 19.4. The number of amides is 1. The van der Waals surface area contributed by atoms with E-state index in [1.165, 1.54) is 12.1 Å². The molecule has 0 saturated carbocycles. The maximum absolute atomic E-state index is 12.6. The molecule has 0 bridgehead atoms. The first kappa shape index (κ1) is 15.3. The van der Waals surface area contributed by atoms with Crippen LogP contribution in [0, 0.1) is 0 Å². The fourth-order valence-electron chi connectivity index (χ4n) is 2.09. The molecule has 0 aliphatic carbocycles. The number of rotatable bonds is 3. The average molecular weight is 303 g/mol. The SMILES string of the molecule is O=C1COC(Cc2cccc(C(F)(F)F)c2)C(C(=O)O)N1. The zero-order chi connectivity index (χ0) is 15.6. The van der Waals surface area contributed by atoms with Crippen molar-refractivity contribution >= 4 is 11.9 Å². The highest BCUT2D eigenvalue weighted by Gasteiger charge is 2.35. The van der Waals surface area contributed by atoms with Gasteiger partial charge in [0, 0.05) is 6.42 Å². The highest BCUT2D eigenvalue weighted by molar-refractivity contribution is 5.85. The molecule has 2 atom stereocenters. The molecular formula is C13H12F3NO4. The number of nitrogens with one attached hydrogen (secondary N) is 1. The third-order valence-corrected chi connectivity index (χ3v) is 3.07. The van der Waals surface area contributed by atoms with Crippen molar-refractivity contribution < 1.29 is 32.6 Å². The topological polar surface area (TPSA) is 75.6 Å². The molecule has 2 N–H and O–H groups in total. The van der Waals surface area contributed by atoms with Crippen LogP contribution in [-0.4, -0.2) is 35.7 Å². The summed E-state index contributed by atoms with van der Waals surface area (Å²) in [5.74, 6) is -1.86. The summed E-state index contributed by atoms with van der Waals surface area (Å²) in [6.45, 7) is -0.312. The Balaban J connectivity index is 2.17. The summed E-state index contributed by atoms with van der Waals surface area (Å²) >= 11 is 0. The van der Waals surface area contributed by atoms with E-state index in [4.69, 9.17) is 9.84 Å². The number of carboxylic acid groups (broad SMARTS) is 1. The Labute approximate surface area is 117 Å². The van der Waals surface area contributed by atoms with E-state index in [1.54, 1.807) is 0 Å². The van der Waals surface area contributed by atoms with Crippen molar-refractivity contribution in [2.45, 2.75) is 24.7 Å². The number of morpholine rings is 1. The van der Waals surface area contributed by atoms with E-state index in [2.05, 4.69) is 5.32 Å². The zero-order valence-electron chi connectivity index (χ0n) is 10.7. The normalized spacial score (nSPS) is 22.7. The number of carboxylic acids is 1. The number of benzene rings is 1. The van der Waals surface area contributed by atoms with Crippen molar-refractivity contribution in [2.24, 2.45) is 0 Å². The molecule has 1 aliphatic rings. The van der Waals surface area contributed by atoms with Gasteiger partial charge < -0.3 is 15.2 Å². The van der Waals surface area contributed by atoms with E-state index >= 15 is 0 Å². The van der Waals surface area contributed by atoms with Crippen molar-refractivity contribution in [3.05, 3.63) is 35.4 Å². The van der Waals surface area contributed by atoms with E-state index in [0.717, 1.165) is 12.1 Å². The Hall–Kier alpha value is -2.09. The van der Waals surface area contributed by atoms with Gasteiger partial charge in [0.1, 0.15) is 6.61 Å². The van der Waals surface area contributed by atoms with Crippen LogP contribution in [0.2, 0.25) is 0 Å². The van der Waals surface area contributed by atoms with Gasteiger partial charge >= 0.3 is 12.1 Å². The molecule has 1 saturated heterocycles. The second-order valence-electron chi connectivity index (χ2n) is 4.64. The van der Waals surface area contributed by atoms with E-state index in [0.29, 0.717) is 0 Å². The van der Waals surface area contributed by atoms with Crippen LogP contribution in [-0.2, 0) is 26.9 Å². The van der Waals surface area contributed by atoms with Gasteiger partial charge in [0.25, 0.3) is 0 Å². The lowest BCUT2D eigenvalue weighted by molar-refractivity contribution is -0.154. The van der Waals surface area contributed by atoms with Crippen LogP contribution in [0.4, 0.5) is 13.2 Å². The molecule has 0 aromatic heterocycles. The first-order valence-corrected chi connectivity index (χ1v) is 6.07. The fraction of sp³-hybridized carbons (Fsp3) is 0.385. The van der Waals surface area contributed by atoms with E-state index in [1.807, 2.05) is 0 Å². The number of carbonyl (C=O) groups is 2. The first-order valence-electron chi connectivity index (χ1n) is 6.07. The molecule has 2 unspecified atom stereocenters. The van der Waals surface area contributed by atoms with E-state index in [-0.39, 0.29) is 18.6 Å². The number of carbonyl (C=O) groups excluding carboxylic acids is 1. The Kier molecular flexibility index (Phi) is 4.17. The third kappa shape index (κ3) is 3.72. The van der Waals surface area contributed by atoms with E-state index < -0.39 is 35.8 Å². The van der Waals surface area contributed by atoms with Gasteiger partial charge in [-0.05, 0) is 11.6 Å². The minimum atomic E-state index is -4.47. The van der Waals surface area contributed by atoms with Crippen LogP contribution < -0.4 is 5.32 Å². The maximum atomic E-state index is 12.6. The van der Waals surface area contributed by atoms with Crippen LogP contribution in [0.15, 0.2) is 24.3 Å². The summed E-state index contributed by atoms with van der Waals surface area (Å²) in [5, 5.41) is 11.3. The van der Waals surface area contributed by atoms with Gasteiger partial charge in [0.05, 0.1) is 11.7 Å². The van der Waals surface area contributed by atoms with Gasteiger partial charge in [0.15, 0.2) is 6.04 Å². The molecule has 8 heteroatoms. The smallest absolute Gasteiger partial charge is 0.416 e. The molecule has 21 heavy (non-hydrogen) atoms. The van der Waals surface area contributed by atoms with E-state index in [9.17, 15) is 22.8 Å². The van der Waals surface area contributed by atoms with Crippen molar-refractivity contribution in [3.63, 3.8) is 0 Å². The lowest BCUT2D eigenvalue weighted by Crippen LogP contribution is -2.56. The molecule has 0 radical (unpaired) electrons. The average Bonchev–Trinajstić information content (AvgIpc) is 2.40. The van der Waals surface area contributed by atoms with Crippen LogP contribution >= 0.6 is 0 Å².